The van der Waals surface area contributed by atoms with Gasteiger partial charge in [0.2, 0.25) is 0 Å². The summed E-state index contributed by atoms with van der Waals surface area (Å²) in [6.07, 6.45) is -1.30. The third-order valence-corrected chi connectivity index (χ3v) is 2.72. The van der Waals surface area contributed by atoms with Crippen LogP contribution in [0.4, 0.5) is 13.2 Å². The van der Waals surface area contributed by atoms with E-state index in [-0.39, 0.29) is 5.56 Å². The first-order valence-corrected chi connectivity index (χ1v) is 5.13. The van der Waals surface area contributed by atoms with Crippen LogP contribution in [0, 0.1) is 0 Å². The molecule has 0 aliphatic carbocycles. The van der Waals surface area contributed by atoms with Gasteiger partial charge in [0, 0.05) is 24.3 Å². The molecule has 1 aromatic carbocycles. The largest absolute Gasteiger partial charge is 0.396 e. The predicted molar refractivity (Wildman–Crippen MR) is 59.6 cm³/mol. The summed E-state index contributed by atoms with van der Waals surface area (Å²) in [5, 5.41) is 1.24. The van der Waals surface area contributed by atoms with E-state index in [4.69, 9.17) is 5.73 Å². The van der Waals surface area contributed by atoms with Crippen LogP contribution in [0.25, 0.3) is 10.8 Å². The number of nitrogens with two attached hydrogens (primary N) is 1. The average molecular weight is 240 g/mol. The molecule has 1 aromatic heterocycles. The van der Waals surface area contributed by atoms with E-state index in [1.807, 2.05) is 0 Å². The average Bonchev–Trinajstić information content (AvgIpc) is 2.28. The van der Waals surface area contributed by atoms with E-state index >= 15 is 0 Å². The highest BCUT2D eigenvalue weighted by atomic mass is 19.4. The molecule has 5 heteroatoms. The molecule has 2 N–H and O–H groups in total. The Morgan fingerprint density at radius 3 is 2.65 bits per heavy atom. The minimum absolute atomic E-state index is 0.208. The van der Waals surface area contributed by atoms with Crippen molar-refractivity contribution in [1.29, 1.82) is 0 Å². The number of hydrogen-bond donors (Lipinski definition) is 1. The lowest BCUT2D eigenvalue weighted by molar-refractivity contribution is -0.147. The predicted octanol–water partition coefficient (Wildman–Crippen LogP) is 2.84. The highest BCUT2D eigenvalue weighted by Gasteiger charge is 2.40. The SMILES string of the molecule is NCC(c1cccc2cnccc12)C(F)(F)F. The molecule has 0 amide bonds. The van der Waals surface area contributed by atoms with Crippen LogP contribution in [-0.2, 0) is 0 Å². The monoisotopic (exact) mass is 240 g/mol. The Kier molecular flexibility index (Phi) is 3.02. The second-order valence-electron chi connectivity index (χ2n) is 3.77. The maximum Gasteiger partial charge on any atom is 0.396 e. The van der Waals surface area contributed by atoms with Gasteiger partial charge in [-0.15, -0.1) is 0 Å². The van der Waals surface area contributed by atoms with Crippen LogP contribution in [0.2, 0.25) is 0 Å². The number of fused-ring (bicyclic) bond motifs is 1. The topological polar surface area (TPSA) is 38.9 Å². The summed E-state index contributed by atoms with van der Waals surface area (Å²) in [6.45, 7) is -0.453. The Hall–Kier alpha value is -1.62. The number of halogens is 3. The molecule has 1 unspecified atom stereocenters. The first-order chi connectivity index (χ1) is 8.04. The minimum atomic E-state index is -4.33. The quantitative estimate of drug-likeness (QED) is 0.876. The molecule has 90 valence electrons. The number of aromatic nitrogens is 1. The maximum absolute atomic E-state index is 12.8. The Labute approximate surface area is 96.3 Å². The summed E-state index contributed by atoms with van der Waals surface area (Å²) >= 11 is 0. The van der Waals surface area contributed by atoms with Crippen molar-refractivity contribution in [3.8, 4) is 0 Å². The lowest BCUT2D eigenvalue weighted by Gasteiger charge is -2.20. The molecule has 0 radical (unpaired) electrons. The van der Waals surface area contributed by atoms with E-state index in [0.29, 0.717) is 10.8 Å². The van der Waals surface area contributed by atoms with Gasteiger partial charge in [-0.05, 0) is 17.0 Å². The number of nitrogens with zero attached hydrogens (tertiary/aromatic N) is 1. The molecule has 2 nitrogen and oxygen atoms in total. The summed E-state index contributed by atoms with van der Waals surface area (Å²) in [5.41, 5.74) is 5.45. The van der Waals surface area contributed by atoms with Crippen molar-refractivity contribution < 1.29 is 13.2 Å². The molecule has 1 atom stereocenters. The number of hydrogen-bond acceptors (Lipinski definition) is 2. The molecule has 0 aliphatic rings. The Morgan fingerprint density at radius 2 is 2.00 bits per heavy atom. The summed E-state index contributed by atoms with van der Waals surface area (Å²) in [5.74, 6) is -1.63. The van der Waals surface area contributed by atoms with Gasteiger partial charge in [-0.1, -0.05) is 18.2 Å². The second kappa shape index (κ2) is 4.33. The number of alkyl halides is 3. The normalized spacial score (nSPS) is 13.9. The summed E-state index contributed by atoms with van der Waals surface area (Å²) in [4.78, 5) is 3.89. The van der Waals surface area contributed by atoms with E-state index < -0.39 is 18.6 Å². The van der Waals surface area contributed by atoms with Gasteiger partial charge in [-0.2, -0.15) is 13.2 Å². The minimum Gasteiger partial charge on any atom is -0.330 e. The van der Waals surface area contributed by atoms with Crippen molar-refractivity contribution in [2.45, 2.75) is 12.1 Å². The fourth-order valence-corrected chi connectivity index (χ4v) is 1.89. The van der Waals surface area contributed by atoms with Gasteiger partial charge in [0.15, 0.2) is 0 Å². The van der Waals surface area contributed by atoms with E-state index in [0.717, 1.165) is 0 Å². The maximum atomic E-state index is 12.8. The van der Waals surface area contributed by atoms with Crippen molar-refractivity contribution in [3.63, 3.8) is 0 Å². The van der Waals surface area contributed by atoms with Crippen LogP contribution in [0.1, 0.15) is 11.5 Å². The fourth-order valence-electron chi connectivity index (χ4n) is 1.89. The summed E-state index contributed by atoms with van der Waals surface area (Å²) in [7, 11) is 0. The fraction of sp³-hybridized carbons (Fsp3) is 0.250. The van der Waals surface area contributed by atoms with Gasteiger partial charge in [0.05, 0.1) is 5.92 Å². The Balaban J connectivity index is 2.62. The third kappa shape index (κ3) is 2.24. The second-order valence-corrected chi connectivity index (χ2v) is 3.77. The van der Waals surface area contributed by atoms with Crippen LogP contribution >= 0.6 is 0 Å². The molecular weight excluding hydrogens is 229 g/mol. The smallest absolute Gasteiger partial charge is 0.330 e. The van der Waals surface area contributed by atoms with Crippen LogP contribution in [0.15, 0.2) is 36.7 Å². The van der Waals surface area contributed by atoms with Crippen molar-refractivity contribution in [3.05, 3.63) is 42.2 Å². The van der Waals surface area contributed by atoms with Gasteiger partial charge in [0.1, 0.15) is 0 Å². The van der Waals surface area contributed by atoms with Gasteiger partial charge in [0.25, 0.3) is 0 Å². The molecule has 2 aromatic rings. The molecule has 0 aliphatic heterocycles. The van der Waals surface area contributed by atoms with E-state index in [2.05, 4.69) is 4.98 Å². The number of rotatable bonds is 2. The van der Waals surface area contributed by atoms with Crippen molar-refractivity contribution in [2.24, 2.45) is 5.73 Å². The molecule has 2 rings (SSSR count). The molecule has 0 saturated carbocycles. The van der Waals surface area contributed by atoms with E-state index in [1.54, 1.807) is 24.4 Å². The van der Waals surface area contributed by atoms with Crippen molar-refractivity contribution >= 4 is 10.8 Å². The molecule has 0 saturated heterocycles. The van der Waals surface area contributed by atoms with Crippen molar-refractivity contribution in [1.82, 2.24) is 4.98 Å². The molecule has 17 heavy (non-hydrogen) atoms. The van der Waals surface area contributed by atoms with E-state index in [1.165, 1.54) is 12.3 Å². The van der Waals surface area contributed by atoms with Crippen LogP contribution < -0.4 is 5.73 Å². The molecule has 1 heterocycles. The van der Waals surface area contributed by atoms with Crippen LogP contribution in [-0.4, -0.2) is 17.7 Å². The molecule has 0 bridgehead atoms. The Morgan fingerprint density at radius 1 is 1.24 bits per heavy atom. The van der Waals surface area contributed by atoms with Gasteiger partial charge < -0.3 is 5.73 Å². The zero-order valence-electron chi connectivity index (χ0n) is 8.91. The first kappa shape index (κ1) is 11.9. The first-order valence-electron chi connectivity index (χ1n) is 5.13. The zero-order chi connectivity index (χ0) is 12.5. The van der Waals surface area contributed by atoms with Gasteiger partial charge in [-0.25, -0.2) is 0 Å². The summed E-state index contributed by atoms with van der Waals surface area (Å²) in [6, 6.07) is 6.37. The highest BCUT2D eigenvalue weighted by molar-refractivity contribution is 5.85. The standard InChI is InChI=1S/C12H11F3N2/c13-12(14,15)11(6-16)10-3-1-2-8-7-17-5-4-9(8)10/h1-5,7,11H,6,16H2. The lowest BCUT2D eigenvalue weighted by Crippen LogP contribution is -2.28. The van der Waals surface area contributed by atoms with Crippen LogP contribution in [0.3, 0.4) is 0 Å². The van der Waals surface area contributed by atoms with Crippen molar-refractivity contribution in [2.75, 3.05) is 6.54 Å². The Bertz CT molecular complexity index is 517. The number of pyridine rings is 1. The van der Waals surface area contributed by atoms with Crippen LogP contribution in [0.5, 0.6) is 0 Å². The molecule has 0 fully saturated rings. The summed E-state index contributed by atoms with van der Waals surface area (Å²) < 4.78 is 38.5. The molecular formula is C12H11F3N2. The highest BCUT2D eigenvalue weighted by Crippen LogP contribution is 2.36. The third-order valence-electron chi connectivity index (χ3n) is 2.72. The zero-order valence-corrected chi connectivity index (χ0v) is 8.91. The molecule has 0 spiro atoms. The van der Waals surface area contributed by atoms with E-state index in [9.17, 15) is 13.2 Å². The lowest BCUT2D eigenvalue weighted by atomic mass is 9.94. The van der Waals surface area contributed by atoms with Gasteiger partial charge >= 0.3 is 6.18 Å². The number of benzene rings is 1. The van der Waals surface area contributed by atoms with Gasteiger partial charge in [-0.3, -0.25) is 4.98 Å².